The second kappa shape index (κ2) is 8.23. The molecule has 0 aliphatic carbocycles. The number of sulfonamides is 2. The van der Waals surface area contributed by atoms with Gasteiger partial charge in [-0.2, -0.15) is 4.31 Å². The van der Waals surface area contributed by atoms with E-state index in [2.05, 4.69) is 18.6 Å². The molecule has 1 aliphatic heterocycles. The van der Waals surface area contributed by atoms with Gasteiger partial charge in [0.1, 0.15) is 0 Å². The van der Waals surface area contributed by atoms with E-state index < -0.39 is 20.0 Å². The van der Waals surface area contributed by atoms with Crippen LogP contribution in [0.25, 0.3) is 0 Å². The lowest BCUT2D eigenvalue weighted by Crippen LogP contribution is -2.42. The first-order valence-corrected chi connectivity index (χ1v) is 12.4. The molecule has 8 heteroatoms. The van der Waals surface area contributed by atoms with Crippen LogP contribution in [0.1, 0.15) is 25.8 Å². The molecule has 0 amide bonds. The van der Waals surface area contributed by atoms with Crippen LogP contribution in [0.15, 0.2) is 59.5 Å². The smallest absolute Gasteiger partial charge is 0.243 e. The zero-order valence-electron chi connectivity index (χ0n) is 16.1. The molecule has 28 heavy (non-hydrogen) atoms. The Morgan fingerprint density at radius 1 is 0.893 bits per heavy atom. The van der Waals surface area contributed by atoms with E-state index in [4.69, 9.17) is 0 Å². The van der Waals surface area contributed by atoms with Crippen LogP contribution >= 0.6 is 0 Å². The summed E-state index contributed by atoms with van der Waals surface area (Å²) in [4.78, 5) is 0.180. The fraction of sp³-hybridized carbons (Fsp3) is 0.400. The first-order valence-electron chi connectivity index (χ1n) is 9.30. The third-order valence-electron chi connectivity index (χ3n) is 4.80. The maximum absolute atomic E-state index is 12.9. The lowest BCUT2D eigenvalue weighted by atomic mass is 9.94. The molecule has 1 aliphatic rings. The number of nitrogens with one attached hydrogen (secondary N) is 1. The summed E-state index contributed by atoms with van der Waals surface area (Å²) < 4.78 is 54.5. The Kier molecular flexibility index (Phi) is 6.12. The van der Waals surface area contributed by atoms with E-state index in [1.54, 1.807) is 24.3 Å². The molecular formula is C20H26N2O4S2. The van der Waals surface area contributed by atoms with Crippen LogP contribution in [0.4, 0.5) is 5.69 Å². The number of piperidine rings is 1. The number of nitrogens with zero attached hydrogens (tertiary/aromatic N) is 1. The lowest BCUT2D eigenvalue weighted by Gasteiger charge is -2.34. The van der Waals surface area contributed by atoms with Crippen molar-refractivity contribution in [3.05, 3.63) is 60.2 Å². The molecule has 1 saturated heterocycles. The average molecular weight is 423 g/mol. The van der Waals surface area contributed by atoms with Crippen molar-refractivity contribution in [1.29, 1.82) is 0 Å². The highest BCUT2D eigenvalue weighted by atomic mass is 32.2. The Morgan fingerprint density at radius 3 is 2.04 bits per heavy atom. The van der Waals surface area contributed by atoms with Gasteiger partial charge in [-0.1, -0.05) is 44.2 Å². The van der Waals surface area contributed by atoms with Crippen LogP contribution in [0, 0.1) is 11.8 Å². The molecule has 1 fully saturated rings. The van der Waals surface area contributed by atoms with Crippen molar-refractivity contribution in [3.8, 4) is 0 Å². The Morgan fingerprint density at radius 2 is 1.46 bits per heavy atom. The van der Waals surface area contributed by atoms with E-state index in [-0.39, 0.29) is 10.6 Å². The largest absolute Gasteiger partial charge is 0.283 e. The van der Waals surface area contributed by atoms with Gasteiger partial charge in [-0.25, -0.2) is 16.8 Å². The number of hydrogen-bond donors (Lipinski definition) is 1. The van der Waals surface area contributed by atoms with Crippen LogP contribution in [-0.4, -0.2) is 34.2 Å². The zero-order valence-corrected chi connectivity index (χ0v) is 17.7. The second-order valence-electron chi connectivity index (χ2n) is 7.64. The van der Waals surface area contributed by atoms with Crippen molar-refractivity contribution in [2.24, 2.45) is 11.8 Å². The molecule has 1 heterocycles. The fourth-order valence-electron chi connectivity index (χ4n) is 3.66. The Balaban J connectivity index is 1.72. The van der Waals surface area contributed by atoms with Gasteiger partial charge in [0, 0.05) is 18.8 Å². The first-order chi connectivity index (χ1) is 13.2. The summed E-state index contributed by atoms with van der Waals surface area (Å²) in [5.41, 5.74) is 1.03. The zero-order chi connectivity index (χ0) is 20.4. The van der Waals surface area contributed by atoms with Crippen molar-refractivity contribution < 1.29 is 16.8 Å². The third-order valence-corrected chi connectivity index (χ3v) is 7.91. The van der Waals surface area contributed by atoms with Crippen molar-refractivity contribution in [3.63, 3.8) is 0 Å². The highest BCUT2D eigenvalue weighted by molar-refractivity contribution is 7.92. The average Bonchev–Trinajstić information content (AvgIpc) is 2.61. The highest BCUT2D eigenvalue weighted by Gasteiger charge is 2.31. The van der Waals surface area contributed by atoms with Crippen molar-refractivity contribution in [2.45, 2.75) is 30.9 Å². The second-order valence-corrected chi connectivity index (χ2v) is 11.3. The molecule has 152 valence electrons. The van der Waals surface area contributed by atoms with Crippen LogP contribution < -0.4 is 4.72 Å². The van der Waals surface area contributed by atoms with Crippen LogP contribution in [0.3, 0.4) is 0 Å². The minimum Gasteiger partial charge on any atom is -0.283 e. The van der Waals surface area contributed by atoms with Crippen molar-refractivity contribution >= 4 is 25.7 Å². The quantitative estimate of drug-likeness (QED) is 0.774. The molecule has 2 aromatic carbocycles. The van der Waals surface area contributed by atoms with E-state index >= 15 is 0 Å². The Labute approximate surface area is 167 Å². The molecule has 2 aromatic rings. The summed E-state index contributed by atoms with van der Waals surface area (Å²) in [5.74, 6) is 0.502. The molecule has 1 N–H and O–H groups in total. The maximum atomic E-state index is 12.9. The lowest BCUT2D eigenvalue weighted by molar-refractivity contribution is 0.222. The number of benzene rings is 2. The fourth-order valence-corrected chi connectivity index (χ4v) is 6.53. The number of hydrogen-bond acceptors (Lipinski definition) is 4. The van der Waals surface area contributed by atoms with E-state index in [0.29, 0.717) is 36.2 Å². The van der Waals surface area contributed by atoms with Gasteiger partial charge < -0.3 is 0 Å². The van der Waals surface area contributed by atoms with E-state index in [1.165, 1.54) is 28.6 Å². The Bertz CT molecular complexity index is 994. The predicted octanol–water partition coefficient (Wildman–Crippen LogP) is 3.30. The monoisotopic (exact) mass is 422 g/mol. The summed E-state index contributed by atoms with van der Waals surface area (Å²) in [5, 5.41) is 0. The Hall–Kier alpha value is -1.90. The molecule has 0 saturated carbocycles. The number of rotatable bonds is 6. The normalized spacial score (nSPS) is 21.4. The molecule has 3 rings (SSSR count). The standard InChI is InChI=1S/C20H26N2O4S2/c1-16-12-17(2)14-22(13-16)28(25,26)20-10-8-19(9-11-20)21-27(23,24)15-18-6-4-3-5-7-18/h3-11,16-17,21H,12-15H2,1-2H3. The summed E-state index contributed by atoms with van der Waals surface area (Å²) in [6.45, 7) is 5.14. The first kappa shape index (κ1) is 20.8. The summed E-state index contributed by atoms with van der Waals surface area (Å²) in [6.07, 6.45) is 1.02. The third kappa shape index (κ3) is 5.12. The van der Waals surface area contributed by atoms with Gasteiger partial charge in [0.15, 0.2) is 0 Å². The predicted molar refractivity (Wildman–Crippen MR) is 111 cm³/mol. The minimum absolute atomic E-state index is 0.141. The molecule has 2 unspecified atom stereocenters. The molecule has 6 nitrogen and oxygen atoms in total. The molecule has 0 aromatic heterocycles. The summed E-state index contributed by atoms with van der Waals surface area (Å²) >= 11 is 0. The van der Waals surface area contributed by atoms with Gasteiger partial charge in [-0.05, 0) is 48.1 Å². The van der Waals surface area contributed by atoms with Gasteiger partial charge in [-0.15, -0.1) is 0 Å². The van der Waals surface area contributed by atoms with E-state index in [1.807, 2.05) is 6.07 Å². The van der Waals surface area contributed by atoms with E-state index in [9.17, 15) is 16.8 Å². The highest BCUT2D eigenvalue weighted by Crippen LogP contribution is 2.27. The number of anilines is 1. The molecule has 0 bridgehead atoms. The molecule has 2 atom stereocenters. The molecule has 0 spiro atoms. The van der Waals surface area contributed by atoms with Gasteiger partial charge in [0.25, 0.3) is 0 Å². The summed E-state index contributed by atoms with van der Waals surface area (Å²) in [7, 11) is -7.16. The van der Waals surface area contributed by atoms with Crippen molar-refractivity contribution in [1.82, 2.24) is 4.31 Å². The van der Waals surface area contributed by atoms with Crippen LogP contribution in [0.2, 0.25) is 0 Å². The summed E-state index contributed by atoms with van der Waals surface area (Å²) in [6, 6.07) is 14.8. The van der Waals surface area contributed by atoms with Gasteiger partial charge in [-0.3, -0.25) is 4.72 Å². The molecular weight excluding hydrogens is 396 g/mol. The van der Waals surface area contributed by atoms with E-state index in [0.717, 1.165) is 6.42 Å². The topological polar surface area (TPSA) is 83.6 Å². The minimum atomic E-state index is -3.58. The van der Waals surface area contributed by atoms with Crippen LogP contribution in [0.5, 0.6) is 0 Å². The van der Waals surface area contributed by atoms with Crippen molar-refractivity contribution in [2.75, 3.05) is 17.8 Å². The van der Waals surface area contributed by atoms with Crippen LogP contribution in [-0.2, 0) is 25.8 Å². The van der Waals surface area contributed by atoms with Gasteiger partial charge in [0.05, 0.1) is 10.6 Å². The SMILES string of the molecule is CC1CC(C)CN(S(=O)(=O)c2ccc(NS(=O)(=O)Cc3ccccc3)cc2)C1. The van der Waals surface area contributed by atoms with Gasteiger partial charge in [0.2, 0.25) is 20.0 Å². The van der Waals surface area contributed by atoms with Gasteiger partial charge >= 0.3 is 0 Å². The maximum Gasteiger partial charge on any atom is 0.243 e. The molecule has 0 radical (unpaired) electrons.